The summed E-state index contributed by atoms with van der Waals surface area (Å²) in [5.41, 5.74) is 2.05. The standard InChI is InChI=1S/C39H56N2O5/c1-4-6-7-8-9-10-11-12-13-14-15-16-17-18-19-20-25-46-39(44)37-33(23-24-35(41-37)38(43)40-28-30-21-22-30)34-27-36(45-3)31(5-2)26-32(34)29-42/h5,23-24,26-27,29-30H,2,4,6-22,25,28H2,1,3H3,(H,40,43). The number of carbonyl (C=O) groups excluding carboxylic acids is 3. The molecule has 0 atom stereocenters. The van der Waals surface area contributed by atoms with Crippen molar-refractivity contribution in [3.05, 3.63) is 53.4 Å². The molecule has 1 aromatic heterocycles. The Balaban J connectivity index is 1.48. The topological polar surface area (TPSA) is 94.6 Å². The minimum absolute atomic E-state index is 0.00655. The van der Waals surface area contributed by atoms with E-state index in [1.54, 1.807) is 30.3 Å². The van der Waals surface area contributed by atoms with E-state index < -0.39 is 5.97 Å². The Morgan fingerprint density at radius 3 is 1.96 bits per heavy atom. The maximum atomic E-state index is 13.4. The highest BCUT2D eigenvalue weighted by Gasteiger charge is 2.25. The second-order valence-electron chi connectivity index (χ2n) is 12.7. The largest absolute Gasteiger partial charge is 0.496 e. The number of rotatable bonds is 25. The zero-order valence-electron chi connectivity index (χ0n) is 28.4. The van der Waals surface area contributed by atoms with E-state index in [4.69, 9.17) is 9.47 Å². The molecule has 1 saturated carbocycles. The molecule has 0 bridgehead atoms. The van der Waals surface area contributed by atoms with Crippen LogP contribution in [0.4, 0.5) is 0 Å². The molecule has 1 heterocycles. The summed E-state index contributed by atoms with van der Waals surface area (Å²) in [6.45, 7) is 6.93. The summed E-state index contributed by atoms with van der Waals surface area (Å²) in [6.07, 6.45) is 24.9. The lowest BCUT2D eigenvalue weighted by Crippen LogP contribution is -2.27. The number of esters is 1. The van der Waals surface area contributed by atoms with Gasteiger partial charge in [-0.1, -0.05) is 116 Å². The van der Waals surface area contributed by atoms with Crippen LogP contribution < -0.4 is 10.1 Å². The van der Waals surface area contributed by atoms with Crippen LogP contribution in [0.1, 0.15) is 159 Å². The molecule has 0 radical (unpaired) electrons. The minimum Gasteiger partial charge on any atom is -0.496 e. The van der Waals surface area contributed by atoms with Crippen molar-refractivity contribution in [2.24, 2.45) is 5.92 Å². The first-order chi connectivity index (χ1) is 22.5. The molecule has 0 aliphatic heterocycles. The molecule has 3 rings (SSSR count). The van der Waals surface area contributed by atoms with Crippen LogP contribution in [-0.2, 0) is 4.74 Å². The smallest absolute Gasteiger partial charge is 0.357 e. The third-order valence-corrected chi connectivity index (χ3v) is 8.84. The first-order valence-electron chi connectivity index (χ1n) is 17.8. The molecule has 1 aromatic carbocycles. The van der Waals surface area contributed by atoms with Gasteiger partial charge in [-0.15, -0.1) is 0 Å². The van der Waals surface area contributed by atoms with Crippen LogP contribution in [0.5, 0.6) is 5.75 Å². The fourth-order valence-corrected chi connectivity index (χ4v) is 5.77. The molecule has 1 aliphatic carbocycles. The molecule has 0 unspecified atom stereocenters. The number of methoxy groups -OCH3 is 1. The third kappa shape index (κ3) is 12.7. The van der Waals surface area contributed by atoms with Crippen molar-refractivity contribution in [1.82, 2.24) is 10.3 Å². The molecule has 46 heavy (non-hydrogen) atoms. The first kappa shape index (κ1) is 37.0. The van der Waals surface area contributed by atoms with Gasteiger partial charge in [0.15, 0.2) is 12.0 Å². The van der Waals surface area contributed by atoms with E-state index in [2.05, 4.69) is 23.8 Å². The molecule has 1 fully saturated rings. The van der Waals surface area contributed by atoms with Crippen LogP contribution in [-0.4, -0.2) is 43.4 Å². The molecule has 1 aliphatic rings. The van der Waals surface area contributed by atoms with Crippen molar-refractivity contribution >= 4 is 24.2 Å². The molecule has 0 spiro atoms. The van der Waals surface area contributed by atoms with E-state index >= 15 is 0 Å². The summed E-state index contributed by atoms with van der Waals surface area (Å²) in [5.74, 6) is 0.0737. The average molecular weight is 633 g/mol. The number of pyridine rings is 1. The number of unbranched alkanes of at least 4 members (excludes halogenated alkanes) is 15. The second kappa shape index (κ2) is 21.3. The van der Waals surface area contributed by atoms with Gasteiger partial charge in [-0.3, -0.25) is 9.59 Å². The Morgan fingerprint density at radius 2 is 1.43 bits per heavy atom. The van der Waals surface area contributed by atoms with E-state index in [1.807, 2.05) is 0 Å². The van der Waals surface area contributed by atoms with Gasteiger partial charge >= 0.3 is 5.97 Å². The third-order valence-electron chi connectivity index (χ3n) is 8.84. The van der Waals surface area contributed by atoms with Crippen molar-refractivity contribution in [3.63, 3.8) is 0 Å². The number of nitrogens with one attached hydrogen (secondary N) is 1. The summed E-state index contributed by atoms with van der Waals surface area (Å²) >= 11 is 0. The summed E-state index contributed by atoms with van der Waals surface area (Å²) in [6, 6.07) is 6.58. The summed E-state index contributed by atoms with van der Waals surface area (Å²) in [7, 11) is 1.53. The van der Waals surface area contributed by atoms with Gasteiger partial charge in [-0.2, -0.15) is 0 Å². The predicted molar refractivity (Wildman–Crippen MR) is 187 cm³/mol. The Hall–Kier alpha value is -3.48. The lowest BCUT2D eigenvalue weighted by Gasteiger charge is -2.15. The first-order valence-corrected chi connectivity index (χ1v) is 17.8. The number of hydrogen-bond donors (Lipinski definition) is 1. The fraction of sp³-hybridized carbons (Fsp3) is 0.590. The molecular formula is C39H56N2O5. The number of carbonyl (C=O) groups is 3. The van der Waals surface area contributed by atoms with E-state index in [9.17, 15) is 14.4 Å². The lowest BCUT2D eigenvalue weighted by molar-refractivity contribution is 0.0491. The second-order valence-corrected chi connectivity index (χ2v) is 12.7. The average Bonchev–Trinajstić information content (AvgIpc) is 3.92. The molecule has 1 amide bonds. The highest BCUT2D eigenvalue weighted by molar-refractivity contribution is 6.01. The normalized spacial score (nSPS) is 12.5. The van der Waals surface area contributed by atoms with E-state index in [0.717, 1.165) is 38.4 Å². The van der Waals surface area contributed by atoms with Crippen molar-refractivity contribution in [2.75, 3.05) is 20.3 Å². The van der Waals surface area contributed by atoms with Crippen molar-refractivity contribution < 1.29 is 23.9 Å². The van der Waals surface area contributed by atoms with Gasteiger partial charge in [-0.25, -0.2) is 9.78 Å². The minimum atomic E-state index is -0.614. The van der Waals surface area contributed by atoms with Crippen molar-refractivity contribution in [2.45, 2.75) is 122 Å². The van der Waals surface area contributed by atoms with Crippen LogP contribution >= 0.6 is 0 Å². The van der Waals surface area contributed by atoms with Gasteiger partial charge in [0.1, 0.15) is 11.4 Å². The Bertz CT molecular complexity index is 1250. The van der Waals surface area contributed by atoms with Crippen LogP contribution in [0.25, 0.3) is 17.2 Å². The fourth-order valence-electron chi connectivity index (χ4n) is 5.77. The highest BCUT2D eigenvalue weighted by atomic mass is 16.5. The number of aromatic nitrogens is 1. The molecule has 252 valence electrons. The maximum Gasteiger partial charge on any atom is 0.357 e. The van der Waals surface area contributed by atoms with Crippen LogP contribution in [0, 0.1) is 5.92 Å². The van der Waals surface area contributed by atoms with Crippen LogP contribution in [0.3, 0.4) is 0 Å². The van der Waals surface area contributed by atoms with Crippen molar-refractivity contribution in [1.29, 1.82) is 0 Å². The summed E-state index contributed by atoms with van der Waals surface area (Å²) in [4.78, 5) is 42.7. The maximum absolute atomic E-state index is 13.4. The quantitative estimate of drug-likeness (QED) is 0.0665. The number of amides is 1. The molecule has 2 aromatic rings. The van der Waals surface area contributed by atoms with Crippen LogP contribution in [0.15, 0.2) is 30.8 Å². The lowest BCUT2D eigenvalue weighted by atomic mass is 9.95. The monoisotopic (exact) mass is 632 g/mol. The van der Waals surface area contributed by atoms with Crippen LogP contribution in [0.2, 0.25) is 0 Å². The number of hydrogen-bond acceptors (Lipinski definition) is 6. The number of benzene rings is 1. The Labute approximate surface area is 276 Å². The summed E-state index contributed by atoms with van der Waals surface area (Å²) < 4.78 is 11.2. The zero-order chi connectivity index (χ0) is 33.0. The van der Waals surface area contributed by atoms with Gasteiger partial charge in [0.25, 0.3) is 5.91 Å². The molecule has 7 nitrogen and oxygen atoms in total. The number of aldehydes is 1. The molecule has 1 N–H and O–H groups in total. The zero-order valence-corrected chi connectivity index (χ0v) is 28.4. The van der Waals surface area contributed by atoms with E-state index in [0.29, 0.717) is 40.5 Å². The predicted octanol–water partition coefficient (Wildman–Crippen LogP) is 9.77. The van der Waals surface area contributed by atoms with Crippen molar-refractivity contribution in [3.8, 4) is 16.9 Å². The summed E-state index contributed by atoms with van der Waals surface area (Å²) in [5, 5.41) is 2.90. The van der Waals surface area contributed by atoms with Gasteiger partial charge < -0.3 is 14.8 Å². The van der Waals surface area contributed by atoms with E-state index in [1.165, 1.54) is 90.6 Å². The van der Waals surface area contributed by atoms with E-state index in [-0.39, 0.29) is 23.9 Å². The number of nitrogens with zero attached hydrogens (tertiary/aromatic N) is 1. The molecule has 0 saturated heterocycles. The van der Waals surface area contributed by atoms with Gasteiger partial charge in [0.05, 0.1) is 13.7 Å². The SMILES string of the molecule is C=Cc1cc(C=O)c(-c2ccc(C(=O)NCC3CC3)nc2C(=O)OCCCCCCCCCCCCCCCCCC)cc1OC. The Kier molecular flexibility index (Phi) is 17.2. The van der Waals surface area contributed by atoms with Gasteiger partial charge in [0.2, 0.25) is 0 Å². The molecule has 7 heteroatoms. The van der Waals surface area contributed by atoms with Gasteiger partial charge in [0, 0.05) is 23.2 Å². The number of ether oxygens (including phenoxy) is 2. The van der Waals surface area contributed by atoms with Gasteiger partial charge in [-0.05, 0) is 55.0 Å². The Morgan fingerprint density at radius 1 is 0.848 bits per heavy atom. The highest BCUT2D eigenvalue weighted by Crippen LogP contribution is 2.33. The molecular weight excluding hydrogens is 576 g/mol.